The molecule has 0 aliphatic carbocycles. The molecule has 0 bridgehead atoms. The summed E-state index contributed by atoms with van der Waals surface area (Å²) in [5.74, 6) is 0.752. The molecule has 0 saturated carbocycles. The van der Waals surface area contributed by atoms with Gasteiger partial charge in [-0.15, -0.1) is 0 Å². The predicted octanol–water partition coefficient (Wildman–Crippen LogP) is 4.69. The van der Waals surface area contributed by atoms with Gasteiger partial charge in [0.2, 0.25) is 5.91 Å². The van der Waals surface area contributed by atoms with Crippen molar-refractivity contribution >= 4 is 27.5 Å². The van der Waals surface area contributed by atoms with Gasteiger partial charge >= 0.3 is 4.87 Å². The van der Waals surface area contributed by atoms with Crippen molar-refractivity contribution in [3.05, 3.63) is 63.0 Å². The number of aromatic amines is 1. The lowest BCUT2D eigenvalue weighted by Gasteiger charge is -2.37. The van der Waals surface area contributed by atoms with Gasteiger partial charge in [0.15, 0.2) is 0 Å². The van der Waals surface area contributed by atoms with E-state index in [0.29, 0.717) is 43.4 Å². The van der Waals surface area contributed by atoms with Crippen LogP contribution in [0, 0.1) is 17.7 Å². The number of benzene rings is 2. The first-order valence-electron chi connectivity index (χ1n) is 14.0. The lowest BCUT2D eigenvalue weighted by molar-refractivity contribution is -0.135. The molecule has 0 fully saturated rings. The van der Waals surface area contributed by atoms with Crippen molar-refractivity contribution in [2.45, 2.75) is 59.4 Å². The molecule has 1 heterocycles. The fourth-order valence-electron chi connectivity index (χ4n) is 5.26. The number of hydrogen-bond donors (Lipinski definition) is 4. The number of phenols is 1. The number of hydrogen-bond acceptors (Lipinski definition) is 6. The van der Waals surface area contributed by atoms with E-state index in [4.69, 9.17) is 0 Å². The van der Waals surface area contributed by atoms with Crippen LogP contribution in [-0.2, 0) is 17.6 Å². The van der Waals surface area contributed by atoms with Crippen LogP contribution < -0.4 is 15.5 Å². The number of fused-ring (bicyclic) bond motifs is 1. The minimum atomic E-state index is -0.221. The average Bonchev–Trinajstić information content (AvgIpc) is 3.29. The fraction of sp³-hybridized carbons (Fsp3) is 0.533. The fourth-order valence-corrected chi connectivity index (χ4v) is 6.16. The van der Waals surface area contributed by atoms with Crippen LogP contribution >= 0.6 is 11.3 Å². The van der Waals surface area contributed by atoms with Crippen LogP contribution in [-0.4, -0.2) is 59.7 Å². The van der Waals surface area contributed by atoms with E-state index >= 15 is 0 Å². The molecule has 0 spiro atoms. The molecule has 39 heavy (non-hydrogen) atoms. The Kier molecular flexibility index (Phi) is 12.0. The highest BCUT2D eigenvalue weighted by molar-refractivity contribution is 7.16. The Bertz CT molecular complexity index is 1230. The lowest BCUT2D eigenvalue weighted by atomic mass is 9.91. The number of carbonyl (C=O) groups excluding carboxylic acids is 1. The van der Waals surface area contributed by atoms with Gasteiger partial charge in [0, 0.05) is 25.6 Å². The third-order valence-corrected chi connectivity index (χ3v) is 7.99. The molecule has 7 nitrogen and oxygen atoms in total. The van der Waals surface area contributed by atoms with E-state index in [1.165, 1.54) is 12.1 Å². The third-order valence-electron chi connectivity index (χ3n) is 7.03. The van der Waals surface area contributed by atoms with Gasteiger partial charge in [0.25, 0.3) is 0 Å². The summed E-state index contributed by atoms with van der Waals surface area (Å²) in [5.41, 5.74) is 2.61. The summed E-state index contributed by atoms with van der Waals surface area (Å²) < 4.78 is 13.8. The maximum absolute atomic E-state index is 13.3. The first-order chi connectivity index (χ1) is 18.7. The second kappa shape index (κ2) is 15.1. The van der Waals surface area contributed by atoms with Crippen LogP contribution in [0.1, 0.15) is 51.7 Å². The normalized spacial score (nSPS) is 11.8. The molecule has 1 amide bonds. The van der Waals surface area contributed by atoms with Crippen molar-refractivity contribution in [1.29, 1.82) is 0 Å². The summed E-state index contributed by atoms with van der Waals surface area (Å²) in [6, 6.07) is 10.2. The Labute approximate surface area is 234 Å². The van der Waals surface area contributed by atoms with E-state index in [0.717, 1.165) is 59.5 Å². The number of carbonyl (C=O) groups is 1. The summed E-state index contributed by atoms with van der Waals surface area (Å²) in [5, 5.41) is 16.9. The van der Waals surface area contributed by atoms with Crippen LogP contribution in [0.15, 0.2) is 41.2 Å². The van der Waals surface area contributed by atoms with Crippen LogP contribution in [0.5, 0.6) is 5.75 Å². The van der Waals surface area contributed by atoms with Gasteiger partial charge in [0.05, 0.1) is 4.70 Å². The Balaban J connectivity index is 1.46. The van der Waals surface area contributed by atoms with Crippen molar-refractivity contribution in [3.8, 4) is 5.75 Å². The minimum absolute atomic E-state index is 0.0886. The van der Waals surface area contributed by atoms with E-state index < -0.39 is 0 Å². The van der Waals surface area contributed by atoms with Crippen molar-refractivity contribution in [2.24, 2.45) is 11.8 Å². The number of aromatic hydroxyl groups is 1. The number of H-pyrrole nitrogens is 1. The summed E-state index contributed by atoms with van der Waals surface area (Å²) in [4.78, 5) is 29.7. The highest BCUT2D eigenvalue weighted by Crippen LogP contribution is 2.28. The van der Waals surface area contributed by atoms with Crippen molar-refractivity contribution in [1.82, 2.24) is 20.5 Å². The maximum Gasteiger partial charge on any atom is 0.305 e. The van der Waals surface area contributed by atoms with E-state index in [1.807, 2.05) is 6.07 Å². The summed E-state index contributed by atoms with van der Waals surface area (Å²) in [6.45, 7) is 12.3. The number of rotatable bonds is 16. The zero-order valence-electron chi connectivity index (χ0n) is 23.6. The summed E-state index contributed by atoms with van der Waals surface area (Å²) in [7, 11) is 0. The number of halogens is 1. The molecule has 0 saturated heterocycles. The maximum atomic E-state index is 13.3. The molecule has 0 unspecified atom stereocenters. The number of phenolic OH excluding ortho intramolecular Hbond substituents is 1. The van der Waals surface area contributed by atoms with Crippen molar-refractivity contribution in [2.75, 3.05) is 32.7 Å². The number of nitrogens with zero attached hydrogens (tertiary/aromatic N) is 1. The van der Waals surface area contributed by atoms with Crippen LogP contribution in [0.25, 0.3) is 10.2 Å². The molecule has 2 aromatic carbocycles. The van der Waals surface area contributed by atoms with Crippen molar-refractivity contribution in [3.63, 3.8) is 0 Å². The lowest BCUT2D eigenvalue weighted by Crippen LogP contribution is -2.49. The van der Waals surface area contributed by atoms with E-state index in [1.54, 1.807) is 18.2 Å². The smallest absolute Gasteiger partial charge is 0.305 e. The number of nitrogens with one attached hydrogen (secondary N) is 3. The Morgan fingerprint density at radius 3 is 2.33 bits per heavy atom. The SMILES string of the molecule is CC(C)C(C(C)C)N(CCNCCc1ccc(O)c2[nH]c(=O)sc12)C(=O)CCCNCCc1ccc(F)cc1. The standard InChI is InChI=1S/C30H43FN4O3S/c1-20(2)28(21(3)4)35(26(37)6-5-15-32-16-13-22-7-10-24(31)11-8-22)19-18-33-17-14-23-9-12-25(36)27-29(23)39-30(38)34-27/h7-12,20-21,28,32-33,36H,5-6,13-19H2,1-4H3,(H,34,38). The van der Waals surface area contributed by atoms with E-state index in [9.17, 15) is 19.1 Å². The molecule has 3 aromatic rings. The third kappa shape index (κ3) is 9.15. The Morgan fingerprint density at radius 2 is 1.64 bits per heavy atom. The second-order valence-corrected chi connectivity index (χ2v) is 11.7. The predicted molar refractivity (Wildman–Crippen MR) is 158 cm³/mol. The molecule has 0 aliphatic heterocycles. The first-order valence-corrected chi connectivity index (χ1v) is 14.8. The van der Waals surface area contributed by atoms with Crippen LogP contribution in [0.4, 0.5) is 4.39 Å². The first kappa shape index (κ1) is 30.8. The average molecular weight is 559 g/mol. The van der Waals surface area contributed by atoms with Gasteiger partial charge in [-0.3, -0.25) is 9.59 Å². The van der Waals surface area contributed by atoms with Gasteiger partial charge < -0.3 is 25.6 Å². The quantitative estimate of drug-likeness (QED) is 0.191. The van der Waals surface area contributed by atoms with Crippen molar-refractivity contribution < 1.29 is 14.3 Å². The molecule has 0 atom stereocenters. The minimum Gasteiger partial charge on any atom is -0.506 e. The van der Waals surface area contributed by atoms with Crippen LogP contribution in [0.2, 0.25) is 0 Å². The Hall–Kier alpha value is -2.75. The monoisotopic (exact) mass is 558 g/mol. The van der Waals surface area contributed by atoms with Crippen LogP contribution in [0.3, 0.4) is 0 Å². The summed E-state index contributed by atoms with van der Waals surface area (Å²) in [6.07, 6.45) is 2.82. The summed E-state index contributed by atoms with van der Waals surface area (Å²) >= 11 is 1.12. The molecule has 0 radical (unpaired) electrons. The highest BCUT2D eigenvalue weighted by atomic mass is 32.1. The van der Waals surface area contributed by atoms with Gasteiger partial charge in [-0.25, -0.2) is 4.39 Å². The zero-order chi connectivity index (χ0) is 28.4. The Morgan fingerprint density at radius 1 is 0.974 bits per heavy atom. The molecule has 3 rings (SSSR count). The molecule has 4 N–H and O–H groups in total. The molecular weight excluding hydrogens is 515 g/mol. The molecule has 9 heteroatoms. The molecule has 0 aliphatic rings. The van der Waals surface area contributed by atoms with Gasteiger partial charge in [0.1, 0.15) is 17.1 Å². The van der Waals surface area contributed by atoms with Gasteiger partial charge in [-0.2, -0.15) is 0 Å². The number of aromatic nitrogens is 1. The van der Waals surface area contributed by atoms with E-state index in [2.05, 4.69) is 48.2 Å². The van der Waals surface area contributed by atoms with E-state index in [-0.39, 0.29) is 28.4 Å². The molecule has 1 aromatic heterocycles. The number of thiazole rings is 1. The molecular formula is C30H43FN4O3S. The topological polar surface area (TPSA) is 97.5 Å². The number of amides is 1. The second-order valence-electron chi connectivity index (χ2n) is 10.8. The molecule has 214 valence electrons. The highest BCUT2D eigenvalue weighted by Gasteiger charge is 2.28. The van der Waals surface area contributed by atoms with Gasteiger partial charge in [-0.05, 0) is 80.1 Å². The zero-order valence-corrected chi connectivity index (χ0v) is 24.4. The van der Waals surface area contributed by atoms with Gasteiger partial charge in [-0.1, -0.05) is 57.2 Å². The largest absolute Gasteiger partial charge is 0.506 e.